The van der Waals surface area contributed by atoms with Gasteiger partial charge in [-0.2, -0.15) is 0 Å². The molecule has 0 saturated carbocycles. The number of hydrogen-bond acceptors (Lipinski definition) is 3. The first-order valence-electron chi connectivity index (χ1n) is 5.34. The maximum Gasteiger partial charge on any atom is 0.326 e. The fraction of sp³-hybridized carbons (Fsp3) is 0.417. The minimum atomic E-state index is -0.804. The van der Waals surface area contributed by atoms with Crippen molar-refractivity contribution in [3.05, 3.63) is 23.8 Å². The summed E-state index contributed by atoms with van der Waals surface area (Å²) in [7, 11) is 1.60. The maximum atomic E-state index is 11.1. The first-order chi connectivity index (χ1) is 7.67. The van der Waals surface area contributed by atoms with Crippen LogP contribution in [-0.2, 0) is 4.79 Å². The number of benzene rings is 1. The maximum absolute atomic E-state index is 11.1. The largest absolute Gasteiger partial charge is 0.497 e. The number of rotatable bonds is 3. The molecule has 0 aliphatic carbocycles. The molecule has 1 aromatic rings. The zero-order chi connectivity index (χ0) is 11.7. The Bertz CT molecular complexity index is 417. The molecule has 0 fully saturated rings. The Morgan fingerprint density at radius 2 is 2.31 bits per heavy atom. The van der Waals surface area contributed by atoms with Gasteiger partial charge in [-0.1, -0.05) is 13.0 Å². The van der Waals surface area contributed by atoms with Crippen molar-refractivity contribution < 1.29 is 14.6 Å². The van der Waals surface area contributed by atoms with E-state index in [9.17, 15) is 4.79 Å². The number of nitrogens with one attached hydrogen (secondary N) is 1. The summed E-state index contributed by atoms with van der Waals surface area (Å²) in [6, 6.07) is 5.14. The van der Waals surface area contributed by atoms with Crippen LogP contribution < -0.4 is 10.1 Å². The molecule has 0 bridgehead atoms. The summed E-state index contributed by atoms with van der Waals surface area (Å²) in [4.78, 5) is 11.1. The Balaban J connectivity index is 2.38. The van der Waals surface area contributed by atoms with Crippen LogP contribution in [0.2, 0.25) is 0 Å². The van der Waals surface area contributed by atoms with Gasteiger partial charge in [0.1, 0.15) is 11.8 Å². The Labute approximate surface area is 94.2 Å². The molecule has 1 aliphatic rings. The number of carbonyl (C=O) groups is 1. The molecular weight excluding hydrogens is 206 g/mol. The number of carboxylic acid groups (broad SMARTS) is 1. The van der Waals surface area contributed by atoms with E-state index in [1.54, 1.807) is 7.11 Å². The van der Waals surface area contributed by atoms with E-state index in [0.717, 1.165) is 23.4 Å². The number of fused-ring (bicyclic) bond motifs is 1. The van der Waals surface area contributed by atoms with Crippen LogP contribution in [0.3, 0.4) is 0 Å². The molecule has 1 aromatic carbocycles. The molecule has 86 valence electrons. The predicted octanol–water partition coefficient (Wildman–Crippen LogP) is 2.07. The summed E-state index contributed by atoms with van der Waals surface area (Å²) < 4.78 is 5.12. The van der Waals surface area contributed by atoms with Crippen molar-refractivity contribution in [3.63, 3.8) is 0 Å². The average Bonchev–Trinajstić information content (AvgIpc) is 2.66. The molecule has 2 N–H and O–H groups in total. The molecule has 0 saturated heterocycles. The van der Waals surface area contributed by atoms with Crippen LogP contribution in [0.5, 0.6) is 5.75 Å². The van der Waals surface area contributed by atoms with Crippen LogP contribution in [0, 0.1) is 0 Å². The Hall–Kier alpha value is -1.71. The van der Waals surface area contributed by atoms with E-state index in [0.29, 0.717) is 0 Å². The third kappa shape index (κ3) is 1.60. The van der Waals surface area contributed by atoms with Gasteiger partial charge >= 0.3 is 5.97 Å². The highest BCUT2D eigenvalue weighted by molar-refractivity contribution is 5.83. The molecule has 4 heteroatoms. The van der Waals surface area contributed by atoms with Crippen molar-refractivity contribution in [1.82, 2.24) is 0 Å². The molecule has 2 atom stereocenters. The van der Waals surface area contributed by atoms with Gasteiger partial charge in [0.15, 0.2) is 0 Å². The standard InChI is InChI=1S/C12H15NO3/c1-3-8-9-5-4-7(16-2)6-10(9)13-11(8)12(14)15/h4-6,8,11,13H,3H2,1-2H3,(H,14,15). The number of anilines is 1. The second kappa shape index (κ2) is 4.04. The van der Waals surface area contributed by atoms with Crippen LogP contribution in [-0.4, -0.2) is 24.2 Å². The fourth-order valence-corrected chi connectivity index (χ4v) is 2.25. The summed E-state index contributed by atoms with van der Waals surface area (Å²) in [5.41, 5.74) is 1.94. The number of methoxy groups -OCH3 is 1. The molecule has 1 aliphatic heterocycles. The van der Waals surface area contributed by atoms with Crippen molar-refractivity contribution in [2.45, 2.75) is 25.3 Å². The third-order valence-corrected chi connectivity index (χ3v) is 3.08. The van der Waals surface area contributed by atoms with Gasteiger partial charge in [-0.15, -0.1) is 0 Å². The highest BCUT2D eigenvalue weighted by Crippen LogP contribution is 2.39. The van der Waals surface area contributed by atoms with Crippen LogP contribution >= 0.6 is 0 Å². The highest BCUT2D eigenvalue weighted by Gasteiger charge is 2.35. The van der Waals surface area contributed by atoms with Crippen molar-refractivity contribution in [2.75, 3.05) is 12.4 Å². The van der Waals surface area contributed by atoms with Gasteiger partial charge in [0.2, 0.25) is 0 Å². The minimum Gasteiger partial charge on any atom is -0.497 e. The van der Waals surface area contributed by atoms with Crippen molar-refractivity contribution in [3.8, 4) is 5.75 Å². The first kappa shape index (κ1) is 10.8. The van der Waals surface area contributed by atoms with E-state index < -0.39 is 12.0 Å². The van der Waals surface area contributed by atoms with Crippen LogP contribution in [0.1, 0.15) is 24.8 Å². The van der Waals surface area contributed by atoms with Gasteiger partial charge in [0.05, 0.1) is 7.11 Å². The first-order valence-corrected chi connectivity index (χ1v) is 5.34. The summed E-state index contributed by atoms with van der Waals surface area (Å²) in [5, 5.41) is 12.1. The number of aliphatic carboxylic acids is 1. The lowest BCUT2D eigenvalue weighted by Gasteiger charge is -2.13. The molecule has 2 rings (SSSR count). The summed E-state index contributed by atoms with van der Waals surface area (Å²) in [5.74, 6) is -0.0208. The number of carboxylic acids is 1. The second-order valence-corrected chi connectivity index (χ2v) is 3.93. The Morgan fingerprint density at radius 1 is 1.56 bits per heavy atom. The zero-order valence-corrected chi connectivity index (χ0v) is 9.36. The average molecular weight is 221 g/mol. The minimum absolute atomic E-state index is 0.0402. The van der Waals surface area contributed by atoms with E-state index in [2.05, 4.69) is 5.32 Å². The van der Waals surface area contributed by atoms with Crippen LogP contribution in [0.25, 0.3) is 0 Å². The summed E-state index contributed by atoms with van der Waals surface area (Å²) in [6.07, 6.45) is 0.809. The third-order valence-electron chi connectivity index (χ3n) is 3.08. The lowest BCUT2D eigenvalue weighted by molar-refractivity contribution is -0.138. The van der Waals surface area contributed by atoms with Crippen molar-refractivity contribution in [2.24, 2.45) is 0 Å². The summed E-state index contributed by atoms with van der Waals surface area (Å²) in [6.45, 7) is 2.00. The van der Waals surface area contributed by atoms with Gasteiger partial charge in [-0.25, -0.2) is 4.79 Å². The SMILES string of the molecule is CCC1c2ccc(OC)cc2NC1C(=O)O. The molecule has 0 radical (unpaired) electrons. The van der Waals surface area contributed by atoms with E-state index in [4.69, 9.17) is 9.84 Å². The van der Waals surface area contributed by atoms with E-state index in [1.807, 2.05) is 25.1 Å². The number of ether oxygens (including phenoxy) is 1. The van der Waals surface area contributed by atoms with Gasteiger partial charge in [0.25, 0.3) is 0 Å². The van der Waals surface area contributed by atoms with Gasteiger partial charge < -0.3 is 15.2 Å². The normalized spacial score (nSPS) is 22.4. The van der Waals surface area contributed by atoms with Crippen LogP contribution in [0.4, 0.5) is 5.69 Å². The molecule has 0 amide bonds. The predicted molar refractivity (Wildman–Crippen MR) is 61.1 cm³/mol. The quantitative estimate of drug-likeness (QED) is 0.820. The van der Waals surface area contributed by atoms with Gasteiger partial charge in [0, 0.05) is 17.7 Å². The topological polar surface area (TPSA) is 58.6 Å². The molecule has 2 unspecified atom stereocenters. The van der Waals surface area contributed by atoms with E-state index in [-0.39, 0.29) is 5.92 Å². The second-order valence-electron chi connectivity index (χ2n) is 3.93. The van der Waals surface area contributed by atoms with E-state index >= 15 is 0 Å². The molecule has 1 heterocycles. The molecular formula is C12H15NO3. The molecule has 16 heavy (non-hydrogen) atoms. The van der Waals surface area contributed by atoms with Crippen LogP contribution in [0.15, 0.2) is 18.2 Å². The lowest BCUT2D eigenvalue weighted by Crippen LogP contribution is -2.29. The highest BCUT2D eigenvalue weighted by atomic mass is 16.5. The van der Waals surface area contributed by atoms with Crippen molar-refractivity contribution in [1.29, 1.82) is 0 Å². The Morgan fingerprint density at radius 3 is 2.88 bits per heavy atom. The fourth-order valence-electron chi connectivity index (χ4n) is 2.25. The smallest absolute Gasteiger partial charge is 0.326 e. The Kier molecular flexibility index (Phi) is 2.73. The lowest BCUT2D eigenvalue weighted by atomic mass is 9.92. The zero-order valence-electron chi connectivity index (χ0n) is 9.36. The monoisotopic (exact) mass is 221 g/mol. The van der Waals surface area contributed by atoms with Gasteiger partial charge in [-0.05, 0) is 18.1 Å². The molecule has 0 spiro atoms. The summed E-state index contributed by atoms with van der Waals surface area (Å²) >= 11 is 0. The molecule has 4 nitrogen and oxygen atoms in total. The van der Waals surface area contributed by atoms with Crippen molar-refractivity contribution >= 4 is 11.7 Å². The molecule has 0 aromatic heterocycles. The number of hydrogen-bond donors (Lipinski definition) is 2. The van der Waals surface area contributed by atoms with E-state index in [1.165, 1.54) is 0 Å². The van der Waals surface area contributed by atoms with Gasteiger partial charge in [-0.3, -0.25) is 0 Å².